The lowest BCUT2D eigenvalue weighted by Crippen LogP contribution is -2.10. The molecule has 30 heavy (non-hydrogen) atoms. The number of amides is 1. The minimum atomic E-state index is -0.557. The molecule has 0 saturated carbocycles. The molecule has 0 radical (unpaired) electrons. The number of carbonyl (C=O) groups is 2. The number of anilines is 1. The molecular formula is C24H17ClN2O3. The van der Waals surface area contributed by atoms with Gasteiger partial charge in [-0.05, 0) is 59.7 Å². The maximum absolute atomic E-state index is 12.5. The summed E-state index contributed by atoms with van der Waals surface area (Å²) in [6.07, 6.45) is 1.69. The average molecular weight is 417 g/mol. The molecular weight excluding hydrogens is 400 g/mol. The van der Waals surface area contributed by atoms with Crippen LogP contribution in [0.5, 0.6) is 5.75 Å². The summed E-state index contributed by atoms with van der Waals surface area (Å²) in [4.78, 5) is 23.7. The van der Waals surface area contributed by atoms with Crippen molar-refractivity contribution in [1.29, 1.82) is 5.26 Å². The Kier molecular flexibility index (Phi) is 6.63. The standard InChI is InChI=1S/C24H17ClN2O3/c1-16(28)27-22-9-4-7-19(14-22)24(29)30-23-10-2-5-17(12-23)11-20(15-26)18-6-3-8-21(25)13-18/h2-14H,1H3,(H,27,28)/b20-11-. The number of carbonyl (C=O) groups excluding carboxylic acids is 2. The predicted molar refractivity (Wildman–Crippen MR) is 117 cm³/mol. The van der Waals surface area contributed by atoms with E-state index in [0.29, 0.717) is 38.7 Å². The highest BCUT2D eigenvalue weighted by Gasteiger charge is 2.10. The molecule has 0 aliphatic rings. The molecule has 6 heteroatoms. The zero-order chi connectivity index (χ0) is 21.5. The monoisotopic (exact) mass is 416 g/mol. The van der Waals surface area contributed by atoms with E-state index in [0.717, 1.165) is 0 Å². The topological polar surface area (TPSA) is 79.2 Å². The predicted octanol–water partition coefficient (Wildman–Crippen LogP) is 5.58. The Morgan fingerprint density at radius 1 is 1.00 bits per heavy atom. The Morgan fingerprint density at radius 2 is 1.73 bits per heavy atom. The fourth-order valence-corrected chi connectivity index (χ4v) is 2.95. The van der Waals surface area contributed by atoms with Gasteiger partial charge in [0.1, 0.15) is 5.75 Å². The van der Waals surface area contributed by atoms with E-state index in [2.05, 4.69) is 11.4 Å². The number of nitrogens with one attached hydrogen (secondary N) is 1. The van der Waals surface area contributed by atoms with Crippen LogP contribution in [0.4, 0.5) is 5.69 Å². The number of hydrogen-bond donors (Lipinski definition) is 1. The van der Waals surface area contributed by atoms with Crippen LogP contribution in [0.2, 0.25) is 5.02 Å². The molecule has 0 aliphatic carbocycles. The smallest absolute Gasteiger partial charge is 0.343 e. The van der Waals surface area contributed by atoms with Gasteiger partial charge in [0, 0.05) is 17.6 Å². The number of esters is 1. The summed E-state index contributed by atoms with van der Waals surface area (Å²) < 4.78 is 5.46. The van der Waals surface area contributed by atoms with Gasteiger partial charge in [-0.3, -0.25) is 4.79 Å². The molecule has 0 heterocycles. The summed E-state index contributed by atoms with van der Waals surface area (Å²) in [6, 6.07) is 22.5. The molecule has 0 saturated heterocycles. The summed E-state index contributed by atoms with van der Waals surface area (Å²) in [5.74, 6) is -0.450. The normalized spacial score (nSPS) is 10.8. The van der Waals surface area contributed by atoms with Crippen molar-refractivity contribution in [2.45, 2.75) is 6.92 Å². The molecule has 148 valence electrons. The fourth-order valence-electron chi connectivity index (χ4n) is 2.76. The highest BCUT2D eigenvalue weighted by atomic mass is 35.5. The van der Waals surface area contributed by atoms with Gasteiger partial charge in [0.05, 0.1) is 17.2 Å². The Balaban J connectivity index is 1.81. The first kappa shape index (κ1) is 20.8. The lowest BCUT2D eigenvalue weighted by molar-refractivity contribution is -0.114. The minimum absolute atomic E-state index is 0.229. The van der Waals surface area contributed by atoms with Crippen molar-refractivity contribution in [1.82, 2.24) is 0 Å². The molecule has 0 spiro atoms. The van der Waals surface area contributed by atoms with Crippen LogP contribution in [0.15, 0.2) is 72.8 Å². The molecule has 0 fully saturated rings. The summed E-state index contributed by atoms with van der Waals surface area (Å²) in [6.45, 7) is 1.39. The number of benzene rings is 3. The number of nitriles is 1. The SMILES string of the molecule is CC(=O)Nc1cccc(C(=O)Oc2cccc(/C=C(/C#N)c3cccc(Cl)c3)c2)c1. The number of halogens is 1. The Labute approximate surface area is 179 Å². The molecule has 1 amide bonds. The fraction of sp³-hybridized carbons (Fsp3) is 0.0417. The van der Waals surface area contributed by atoms with Gasteiger partial charge in [0.25, 0.3) is 0 Å². The highest BCUT2D eigenvalue weighted by Crippen LogP contribution is 2.23. The van der Waals surface area contributed by atoms with Crippen molar-refractivity contribution in [3.8, 4) is 11.8 Å². The molecule has 3 aromatic carbocycles. The molecule has 5 nitrogen and oxygen atoms in total. The van der Waals surface area contributed by atoms with Crippen molar-refractivity contribution in [3.63, 3.8) is 0 Å². The Morgan fingerprint density at radius 3 is 2.47 bits per heavy atom. The minimum Gasteiger partial charge on any atom is -0.423 e. The molecule has 3 aromatic rings. The van der Waals surface area contributed by atoms with Crippen molar-refractivity contribution >= 4 is 40.8 Å². The zero-order valence-corrected chi connectivity index (χ0v) is 16.8. The van der Waals surface area contributed by atoms with E-state index in [1.54, 1.807) is 78.9 Å². The quantitative estimate of drug-likeness (QED) is 0.255. The maximum atomic E-state index is 12.5. The molecule has 1 N–H and O–H groups in total. The summed E-state index contributed by atoms with van der Waals surface area (Å²) in [5, 5.41) is 12.7. The second-order valence-electron chi connectivity index (χ2n) is 6.40. The second kappa shape index (κ2) is 9.55. The van der Waals surface area contributed by atoms with Gasteiger partial charge < -0.3 is 10.1 Å². The lowest BCUT2D eigenvalue weighted by Gasteiger charge is -2.07. The van der Waals surface area contributed by atoms with E-state index in [9.17, 15) is 14.9 Å². The third-order valence-corrected chi connectivity index (χ3v) is 4.29. The summed E-state index contributed by atoms with van der Waals surface area (Å²) in [7, 11) is 0. The van der Waals surface area contributed by atoms with Gasteiger partial charge in [-0.2, -0.15) is 5.26 Å². The summed E-state index contributed by atoms with van der Waals surface area (Å²) >= 11 is 6.01. The van der Waals surface area contributed by atoms with E-state index >= 15 is 0 Å². The lowest BCUT2D eigenvalue weighted by atomic mass is 10.0. The van der Waals surface area contributed by atoms with Crippen LogP contribution in [0.25, 0.3) is 11.6 Å². The number of ether oxygens (including phenoxy) is 1. The molecule has 0 aromatic heterocycles. The average Bonchev–Trinajstić information content (AvgIpc) is 2.72. The van der Waals surface area contributed by atoms with Crippen LogP contribution < -0.4 is 10.1 Å². The van der Waals surface area contributed by atoms with Crippen molar-refractivity contribution < 1.29 is 14.3 Å². The van der Waals surface area contributed by atoms with Gasteiger partial charge in [-0.15, -0.1) is 0 Å². The Hall–Kier alpha value is -3.88. The van der Waals surface area contributed by atoms with E-state index < -0.39 is 5.97 Å². The van der Waals surface area contributed by atoms with Crippen LogP contribution in [-0.2, 0) is 4.79 Å². The number of allylic oxidation sites excluding steroid dienone is 1. The van der Waals surface area contributed by atoms with Crippen LogP contribution in [0, 0.1) is 11.3 Å². The van der Waals surface area contributed by atoms with Crippen LogP contribution in [0.3, 0.4) is 0 Å². The van der Waals surface area contributed by atoms with Crippen molar-refractivity contribution in [2.24, 2.45) is 0 Å². The molecule has 0 aliphatic heterocycles. The third-order valence-electron chi connectivity index (χ3n) is 4.05. The molecule has 0 atom stereocenters. The van der Waals surface area contributed by atoms with E-state index in [4.69, 9.17) is 16.3 Å². The van der Waals surface area contributed by atoms with Crippen LogP contribution >= 0.6 is 11.6 Å². The van der Waals surface area contributed by atoms with Crippen LogP contribution in [0.1, 0.15) is 28.4 Å². The second-order valence-corrected chi connectivity index (χ2v) is 6.84. The van der Waals surface area contributed by atoms with Crippen molar-refractivity contribution in [3.05, 3.63) is 94.5 Å². The zero-order valence-electron chi connectivity index (χ0n) is 16.1. The number of rotatable bonds is 5. The maximum Gasteiger partial charge on any atom is 0.343 e. The highest BCUT2D eigenvalue weighted by molar-refractivity contribution is 6.30. The molecule has 3 rings (SSSR count). The van der Waals surface area contributed by atoms with Crippen LogP contribution in [-0.4, -0.2) is 11.9 Å². The van der Waals surface area contributed by atoms with Gasteiger partial charge in [0.2, 0.25) is 5.91 Å². The first-order valence-electron chi connectivity index (χ1n) is 9.02. The first-order chi connectivity index (χ1) is 14.4. The largest absolute Gasteiger partial charge is 0.423 e. The van der Waals surface area contributed by atoms with E-state index in [1.165, 1.54) is 6.92 Å². The Bertz CT molecular complexity index is 1180. The van der Waals surface area contributed by atoms with Gasteiger partial charge in [-0.25, -0.2) is 4.79 Å². The van der Waals surface area contributed by atoms with Gasteiger partial charge >= 0.3 is 5.97 Å². The van der Waals surface area contributed by atoms with Gasteiger partial charge in [-0.1, -0.05) is 41.9 Å². The number of nitrogens with zero attached hydrogens (tertiary/aromatic N) is 1. The number of hydrogen-bond acceptors (Lipinski definition) is 4. The van der Waals surface area contributed by atoms with Crippen molar-refractivity contribution in [2.75, 3.05) is 5.32 Å². The van der Waals surface area contributed by atoms with E-state index in [-0.39, 0.29) is 5.91 Å². The summed E-state index contributed by atoms with van der Waals surface area (Å²) in [5.41, 5.74) is 2.64. The molecule has 0 bridgehead atoms. The molecule has 0 unspecified atom stereocenters. The van der Waals surface area contributed by atoms with Gasteiger partial charge in [0.15, 0.2) is 0 Å². The van der Waals surface area contributed by atoms with E-state index in [1.807, 2.05) is 0 Å². The third kappa shape index (κ3) is 5.57. The first-order valence-corrected chi connectivity index (χ1v) is 9.40.